The Morgan fingerprint density at radius 1 is 1.22 bits per heavy atom. The topological polar surface area (TPSA) is 86.0 Å². The van der Waals surface area contributed by atoms with Gasteiger partial charge in [0.25, 0.3) is 5.91 Å². The molecule has 2 heterocycles. The predicted octanol–water partition coefficient (Wildman–Crippen LogP) is 2.42. The van der Waals surface area contributed by atoms with Crippen molar-refractivity contribution < 1.29 is 23.5 Å². The number of hydrogen-bond acceptors (Lipinski definition) is 6. The maximum atomic E-state index is 12.2. The van der Waals surface area contributed by atoms with Crippen LogP contribution < -0.4 is 10.4 Å². The Kier molecular flexibility index (Phi) is 5.78. The molecule has 1 aliphatic heterocycles. The van der Waals surface area contributed by atoms with Crippen molar-refractivity contribution in [3.05, 3.63) is 40.2 Å². The van der Waals surface area contributed by atoms with E-state index in [2.05, 4.69) is 0 Å². The number of rotatable bonds is 5. The molecule has 1 aliphatic rings. The fraction of sp³-hybridized carbons (Fsp3) is 0.450. The van der Waals surface area contributed by atoms with Crippen LogP contribution in [0.2, 0.25) is 0 Å². The molecule has 144 valence electrons. The van der Waals surface area contributed by atoms with Crippen molar-refractivity contribution in [3.63, 3.8) is 0 Å². The van der Waals surface area contributed by atoms with Gasteiger partial charge >= 0.3 is 11.6 Å². The molecule has 2 aromatic rings. The quantitative estimate of drug-likeness (QED) is 0.591. The van der Waals surface area contributed by atoms with E-state index in [1.165, 1.54) is 6.07 Å². The zero-order valence-electron chi connectivity index (χ0n) is 15.5. The van der Waals surface area contributed by atoms with E-state index in [4.69, 9.17) is 13.9 Å². The molecule has 7 heteroatoms. The summed E-state index contributed by atoms with van der Waals surface area (Å²) < 4.78 is 15.6. The van der Waals surface area contributed by atoms with Crippen molar-refractivity contribution in [2.45, 2.75) is 39.2 Å². The summed E-state index contributed by atoms with van der Waals surface area (Å²) in [5, 5.41) is 0.797. The SMILES string of the molecule is Cc1cc(=O)oc2cc(OCC(=O)OCC(=O)N3CCCC[C@@H]3C)ccc12. The molecular formula is C20H23NO6. The second-order valence-electron chi connectivity index (χ2n) is 6.79. The van der Waals surface area contributed by atoms with Gasteiger partial charge in [-0.15, -0.1) is 0 Å². The first kappa shape index (κ1) is 18.9. The van der Waals surface area contributed by atoms with Crippen LogP contribution in [0.15, 0.2) is 33.5 Å². The molecule has 7 nitrogen and oxygen atoms in total. The van der Waals surface area contributed by atoms with Crippen LogP contribution in [0.1, 0.15) is 31.7 Å². The minimum atomic E-state index is -0.626. The number of hydrogen-bond donors (Lipinski definition) is 0. The Morgan fingerprint density at radius 3 is 2.81 bits per heavy atom. The summed E-state index contributed by atoms with van der Waals surface area (Å²) >= 11 is 0. The van der Waals surface area contributed by atoms with Gasteiger partial charge in [-0.25, -0.2) is 9.59 Å². The highest BCUT2D eigenvalue weighted by Crippen LogP contribution is 2.22. The van der Waals surface area contributed by atoms with Gasteiger partial charge in [-0.2, -0.15) is 0 Å². The number of carbonyl (C=O) groups excluding carboxylic acids is 2. The van der Waals surface area contributed by atoms with E-state index in [1.807, 2.05) is 13.8 Å². The minimum absolute atomic E-state index is 0.178. The smallest absolute Gasteiger partial charge is 0.344 e. The molecule has 3 rings (SSSR count). The summed E-state index contributed by atoms with van der Waals surface area (Å²) in [5.74, 6) is -0.429. The number of carbonyl (C=O) groups is 2. The third kappa shape index (κ3) is 4.67. The van der Waals surface area contributed by atoms with Crippen LogP contribution in [0, 0.1) is 6.92 Å². The summed E-state index contributed by atoms with van der Waals surface area (Å²) in [6, 6.07) is 6.59. The van der Waals surface area contributed by atoms with Crippen molar-refractivity contribution >= 4 is 22.8 Å². The lowest BCUT2D eigenvalue weighted by Crippen LogP contribution is -2.44. The molecule has 1 saturated heterocycles. The molecule has 1 aromatic heterocycles. The lowest BCUT2D eigenvalue weighted by Gasteiger charge is -2.33. The van der Waals surface area contributed by atoms with Crippen LogP contribution in [-0.4, -0.2) is 42.6 Å². The molecule has 27 heavy (non-hydrogen) atoms. The summed E-state index contributed by atoms with van der Waals surface area (Å²) in [7, 11) is 0. The first-order valence-corrected chi connectivity index (χ1v) is 9.06. The molecule has 0 spiro atoms. The van der Waals surface area contributed by atoms with Crippen LogP contribution in [0.3, 0.4) is 0 Å². The van der Waals surface area contributed by atoms with Gasteiger partial charge in [0.1, 0.15) is 11.3 Å². The fourth-order valence-electron chi connectivity index (χ4n) is 3.27. The predicted molar refractivity (Wildman–Crippen MR) is 98.7 cm³/mol. The van der Waals surface area contributed by atoms with Gasteiger partial charge in [0, 0.05) is 30.1 Å². The molecule has 0 N–H and O–H groups in total. The summed E-state index contributed by atoms with van der Waals surface area (Å²) in [4.78, 5) is 37.3. The number of nitrogens with zero attached hydrogens (tertiary/aromatic N) is 1. The van der Waals surface area contributed by atoms with E-state index in [9.17, 15) is 14.4 Å². The molecule has 1 atom stereocenters. The van der Waals surface area contributed by atoms with Gasteiger partial charge in [-0.1, -0.05) is 0 Å². The monoisotopic (exact) mass is 373 g/mol. The highest BCUT2D eigenvalue weighted by Gasteiger charge is 2.23. The van der Waals surface area contributed by atoms with Gasteiger partial charge in [0.15, 0.2) is 13.2 Å². The van der Waals surface area contributed by atoms with Crippen LogP contribution in [0.25, 0.3) is 11.0 Å². The number of ether oxygens (including phenoxy) is 2. The summed E-state index contributed by atoms with van der Waals surface area (Å²) in [6.07, 6.45) is 3.06. The molecule has 0 bridgehead atoms. The van der Waals surface area contributed by atoms with E-state index in [0.29, 0.717) is 17.9 Å². The summed E-state index contributed by atoms with van der Waals surface area (Å²) in [5.41, 5.74) is 0.750. The fourth-order valence-corrected chi connectivity index (χ4v) is 3.27. The van der Waals surface area contributed by atoms with Crippen LogP contribution in [-0.2, 0) is 14.3 Å². The largest absolute Gasteiger partial charge is 0.482 e. The molecule has 1 fully saturated rings. The number of aryl methyl sites for hydroxylation is 1. The van der Waals surface area contributed by atoms with Gasteiger partial charge in [-0.3, -0.25) is 4.79 Å². The van der Waals surface area contributed by atoms with E-state index < -0.39 is 11.6 Å². The Morgan fingerprint density at radius 2 is 2.04 bits per heavy atom. The molecule has 0 aliphatic carbocycles. The Labute approximate surface area is 156 Å². The lowest BCUT2D eigenvalue weighted by molar-refractivity contribution is -0.154. The molecule has 1 amide bonds. The van der Waals surface area contributed by atoms with Crippen molar-refractivity contribution in [3.8, 4) is 5.75 Å². The normalized spacial score (nSPS) is 17.0. The highest BCUT2D eigenvalue weighted by molar-refractivity contribution is 5.82. The van der Waals surface area contributed by atoms with E-state index in [1.54, 1.807) is 23.1 Å². The van der Waals surface area contributed by atoms with Gasteiger partial charge in [0.2, 0.25) is 0 Å². The number of fused-ring (bicyclic) bond motifs is 1. The first-order chi connectivity index (χ1) is 12.9. The Balaban J connectivity index is 1.52. The van der Waals surface area contributed by atoms with Crippen molar-refractivity contribution in [2.24, 2.45) is 0 Å². The molecular weight excluding hydrogens is 350 g/mol. The number of benzene rings is 1. The maximum Gasteiger partial charge on any atom is 0.344 e. The number of amides is 1. The van der Waals surface area contributed by atoms with Crippen LogP contribution >= 0.6 is 0 Å². The second-order valence-corrected chi connectivity index (χ2v) is 6.79. The van der Waals surface area contributed by atoms with E-state index >= 15 is 0 Å². The molecule has 0 unspecified atom stereocenters. The third-order valence-corrected chi connectivity index (χ3v) is 4.76. The van der Waals surface area contributed by atoms with Gasteiger partial charge in [-0.05, 0) is 50.8 Å². The summed E-state index contributed by atoms with van der Waals surface area (Å²) in [6.45, 7) is 3.91. The van der Waals surface area contributed by atoms with Gasteiger partial charge < -0.3 is 18.8 Å². The minimum Gasteiger partial charge on any atom is -0.482 e. The van der Waals surface area contributed by atoms with Crippen molar-refractivity contribution in [1.29, 1.82) is 0 Å². The Hall–Kier alpha value is -2.83. The number of likely N-dealkylation sites (tertiary alicyclic amines) is 1. The second kappa shape index (κ2) is 8.24. The molecule has 0 saturated carbocycles. The maximum absolute atomic E-state index is 12.2. The average Bonchev–Trinajstić information content (AvgIpc) is 2.64. The first-order valence-electron chi connectivity index (χ1n) is 9.06. The van der Waals surface area contributed by atoms with Crippen LogP contribution in [0.5, 0.6) is 5.75 Å². The zero-order valence-corrected chi connectivity index (χ0v) is 15.5. The number of esters is 1. The molecule has 1 aromatic carbocycles. The van der Waals surface area contributed by atoms with Crippen molar-refractivity contribution in [1.82, 2.24) is 4.90 Å². The standard InChI is InChI=1S/C20H23NO6/c1-13-9-19(23)27-17-10-15(6-7-16(13)17)25-12-20(24)26-11-18(22)21-8-4-3-5-14(21)2/h6-7,9-10,14H,3-5,8,11-12H2,1-2H3/t14-/m0/s1. The average molecular weight is 373 g/mol. The van der Waals surface area contributed by atoms with Crippen LogP contribution in [0.4, 0.5) is 0 Å². The van der Waals surface area contributed by atoms with E-state index in [0.717, 1.165) is 30.2 Å². The van der Waals surface area contributed by atoms with E-state index in [-0.39, 0.29) is 25.2 Å². The number of piperidine rings is 1. The third-order valence-electron chi connectivity index (χ3n) is 4.76. The van der Waals surface area contributed by atoms with Crippen molar-refractivity contribution in [2.75, 3.05) is 19.8 Å². The lowest BCUT2D eigenvalue weighted by atomic mass is 10.0. The molecule has 0 radical (unpaired) electrons. The Bertz CT molecular complexity index is 903. The van der Waals surface area contributed by atoms with Gasteiger partial charge in [0.05, 0.1) is 0 Å². The highest BCUT2D eigenvalue weighted by atomic mass is 16.6. The zero-order chi connectivity index (χ0) is 19.4.